The summed E-state index contributed by atoms with van der Waals surface area (Å²) in [5, 5.41) is 0. The fraction of sp³-hybridized carbons (Fsp3) is 0.625. The highest BCUT2D eigenvalue weighted by Crippen LogP contribution is 2.29. The Hall–Kier alpha value is -0.950. The number of ether oxygens (including phenoxy) is 1. The molecular weight excluding hydrogens is 300 g/mol. The third-order valence-electron chi connectivity index (χ3n) is 4.45. The smallest absolute Gasteiger partial charge is 0.209 e. The highest BCUT2D eigenvalue weighted by Gasteiger charge is 2.40. The number of hydrogen-bond acceptors (Lipinski definition) is 4. The third-order valence-corrected chi connectivity index (χ3v) is 5.18. The number of rotatable bonds is 4. The van der Waals surface area contributed by atoms with E-state index in [4.69, 9.17) is 4.74 Å². The van der Waals surface area contributed by atoms with Gasteiger partial charge < -0.3 is 4.74 Å². The summed E-state index contributed by atoms with van der Waals surface area (Å²) in [7, 11) is -3.23. The molecule has 0 unspecified atom stereocenters. The van der Waals surface area contributed by atoms with Gasteiger partial charge in [-0.3, -0.25) is 4.90 Å². The molecule has 0 bridgehead atoms. The van der Waals surface area contributed by atoms with Gasteiger partial charge in [-0.25, -0.2) is 13.1 Å². The van der Waals surface area contributed by atoms with Crippen molar-refractivity contribution in [3.05, 3.63) is 35.9 Å². The van der Waals surface area contributed by atoms with E-state index in [0.717, 1.165) is 32.5 Å². The molecule has 0 spiro atoms. The number of fused-ring (bicyclic) bond motifs is 1. The molecule has 5 nitrogen and oxygen atoms in total. The van der Waals surface area contributed by atoms with Crippen LogP contribution in [0.2, 0.25) is 0 Å². The number of piperidine rings is 1. The first kappa shape index (κ1) is 15.9. The van der Waals surface area contributed by atoms with Crippen molar-refractivity contribution in [3.8, 4) is 0 Å². The number of nitrogens with zero attached hydrogens (tertiary/aromatic N) is 1. The second-order valence-corrected chi connectivity index (χ2v) is 8.19. The second-order valence-electron chi connectivity index (χ2n) is 6.41. The van der Waals surface area contributed by atoms with Crippen molar-refractivity contribution in [2.75, 3.05) is 26.0 Å². The average molecular weight is 324 g/mol. The summed E-state index contributed by atoms with van der Waals surface area (Å²) in [6.07, 6.45) is 3.40. The van der Waals surface area contributed by atoms with E-state index in [0.29, 0.717) is 12.5 Å². The van der Waals surface area contributed by atoms with Crippen LogP contribution in [0.15, 0.2) is 30.3 Å². The van der Waals surface area contributed by atoms with Crippen LogP contribution in [0.3, 0.4) is 0 Å². The van der Waals surface area contributed by atoms with Gasteiger partial charge >= 0.3 is 0 Å². The molecule has 3 atom stereocenters. The van der Waals surface area contributed by atoms with Gasteiger partial charge in [-0.05, 0) is 24.3 Å². The molecular formula is C16H24N2O3S. The zero-order valence-electron chi connectivity index (χ0n) is 12.9. The van der Waals surface area contributed by atoms with Crippen LogP contribution in [-0.4, -0.2) is 51.4 Å². The van der Waals surface area contributed by atoms with Crippen molar-refractivity contribution in [1.29, 1.82) is 0 Å². The predicted octanol–water partition coefficient (Wildman–Crippen LogP) is 1.22. The van der Waals surface area contributed by atoms with Crippen LogP contribution < -0.4 is 4.72 Å². The Labute approximate surface area is 132 Å². The zero-order chi connectivity index (χ0) is 15.6. The number of likely N-dealkylation sites (tertiary alicyclic amines) is 1. The molecule has 2 aliphatic rings. The molecule has 1 aromatic rings. The predicted molar refractivity (Wildman–Crippen MR) is 86.0 cm³/mol. The van der Waals surface area contributed by atoms with Crippen LogP contribution in [0.25, 0.3) is 0 Å². The Balaban J connectivity index is 1.73. The van der Waals surface area contributed by atoms with Crippen molar-refractivity contribution in [1.82, 2.24) is 9.62 Å². The van der Waals surface area contributed by atoms with Crippen LogP contribution >= 0.6 is 0 Å². The molecule has 2 saturated heterocycles. The first-order valence-electron chi connectivity index (χ1n) is 7.86. The molecule has 6 heteroatoms. The van der Waals surface area contributed by atoms with Crippen molar-refractivity contribution in [3.63, 3.8) is 0 Å². The summed E-state index contributed by atoms with van der Waals surface area (Å²) in [5.74, 6) is 0.408. The fourth-order valence-electron chi connectivity index (χ4n) is 3.64. The molecule has 0 radical (unpaired) electrons. The van der Waals surface area contributed by atoms with Gasteiger partial charge in [0.15, 0.2) is 0 Å². The third kappa shape index (κ3) is 4.07. The maximum atomic E-state index is 11.7. The Bertz CT molecular complexity index is 591. The summed E-state index contributed by atoms with van der Waals surface area (Å²) in [6.45, 7) is 3.26. The van der Waals surface area contributed by atoms with Gasteiger partial charge in [0.25, 0.3) is 0 Å². The molecule has 122 valence electrons. The Morgan fingerprint density at radius 2 is 2.05 bits per heavy atom. The van der Waals surface area contributed by atoms with E-state index < -0.39 is 10.0 Å². The topological polar surface area (TPSA) is 58.6 Å². The zero-order valence-corrected chi connectivity index (χ0v) is 13.8. The monoisotopic (exact) mass is 324 g/mol. The molecule has 2 fully saturated rings. The summed E-state index contributed by atoms with van der Waals surface area (Å²) < 4.78 is 32.0. The Morgan fingerprint density at radius 1 is 1.27 bits per heavy atom. The Morgan fingerprint density at radius 3 is 2.77 bits per heavy atom. The fourth-order valence-corrected chi connectivity index (χ4v) is 4.40. The molecule has 1 N–H and O–H groups in total. The highest BCUT2D eigenvalue weighted by molar-refractivity contribution is 7.88. The standard InChI is InChI=1S/C16H24N2O3S/c1-22(19,20)17-15-12-18(10-13-6-3-2-4-7-13)11-14-8-5-9-21-16(14)15/h2-4,6-7,14-17H,5,8-12H2,1H3/t14-,15+,16-/m0/s1. The van der Waals surface area contributed by atoms with E-state index in [1.165, 1.54) is 11.8 Å². The van der Waals surface area contributed by atoms with Gasteiger partial charge in [0.05, 0.1) is 18.4 Å². The first-order chi connectivity index (χ1) is 10.5. The average Bonchev–Trinajstić information content (AvgIpc) is 2.47. The van der Waals surface area contributed by atoms with E-state index in [2.05, 4.69) is 21.8 Å². The van der Waals surface area contributed by atoms with Gasteiger partial charge in [-0.15, -0.1) is 0 Å². The summed E-state index contributed by atoms with van der Waals surface area (Å²) in [4.78, 5) is 2.34. The van der Waals surface area contributed by atoms with E-state index in [9.17, 15) is 8.42 Å². The molecule has 1 aromatic carbocycles. The quantitative estimate of drug-likeness (QED) is 0.905. The van der Waals surface area contributed by atoms with E-state index in [1.54, 1.807) is 0 Å². The van der Waals surface area contributed by atoms with E-state index >= 15 is 0 Å². The van der Waals surface area contributed by atoms with Gasteiger partial charge in [0.1, 0.15) is 0 Å². The van der Waals surface area contributed by atoms with Crippen LogP contribution in [0.5, 0.6) is 0 Å². The molecule has 0 aromatic heterocycles. The van der Waals surface area contributed by atoms with Crippen LogP contribution in [-0.2, 0) is 21.3 Å². The number of sulfonamides is 1. The minimum Gasteiger partial charge on any atom is -0.376 e. The lowest BCUT2D eigenvalue weighted by molar-refractivity contribution is -0.0823. The molecule has 0 amide bonds. The minimum absolute atomic E-state index is 0.00972. The van der Waals surface area contributed by atoms with Crippen LogP contribution in [0.1, 0.15) is 18.4 Å². The minimum atomic E-state index is -3.23. The van der Waals surface area contributed by atoms with Crippen molar-refractivity contribution in [2.45, 2.75) is 31.5 Å². The molecule has 22 heavy (non-hydrogen) atoms. The summed E-state index contributed by atoms with van der Waals surface area (Å²) in [6, 6.07) is 10.2. The normalized spacial score (nSPS) is 30.0. The first-order valence-corrected chi connectivity index (χ1v) is 9.75. The SMILES string of the molecule is CS(=O)(=O)N[C@@H]1CN(Cc2ccccc2)C[C@@H]2CCCO[C@@H]21. The molecule has 2 aliphatic heterocycles. The molecule has 0 aliphatic carbocycles. The van der Waals surface area contributed by atoms with Crippen molar-refractivity contribution in [2.24, 2.45) is 5.92 Å². The maximum Gasteiger partial charge on any atom is 0.209 e. The molecule has 0 saturated carbocycles. The number of benzene rings is 1. The van der Waals surface area contributed by atoms with Gasteiger partial charge in [-0.2, -0.15) is 0 Å². The maximum absolute atomic E-state index is 11.7. The van der Waals surface area contributed by atoms with Gasteiger partial charge in [0, 0.05) is 26.2 Å². The molecule has 3 rings (SSSR count). The number of nitrogens with one attached hydrogen (secondary N) is 1. The van der Waals surface area contributed by atoms with Crippen LogP contribution in [0, 0.1) is 5.92 Å². The molecule has 2 heterocycles. The number of hydrogen-bond donors (Lipinski definition) is 1. The lowest BCUT2D eigenvalue weighted by Gasteiger charge is -2.45. The van der Waals surface area contributed by atoms with Gasteiger partial charge in [-0.1, -0.05) is 30.3 Å². The van der Waals surface area contributed by atoms with Crippen LogP contribution in [0.4, 0.5) is 0 Å². The summed E-state index contributed by atoms with van der Waals surface area (Å²) in [5.41, 5.74) is 1.26. The summed E-state index contributed by atoms with van der Waals surface area (Å²) >= 11 is 0. The van der Waals surface area contributed by atoms with Crippen molar-refractivity contribution < 1.29 is 13.2 Å². The largest absolute Gasteiger partial charge is 0.376 e. The van der Waals surface area contributed by atoms with E-state index in [-0.39, 0.29) is 12.1 Å². The van der Waals surface area contributed by atoms with E-state index in [1.807, 2.05) is 18.2 Å². The van der Waals surface area contributed by atoms with Gasteiger partial charge in [0.2, 0.25) is 10.0 Å². The van der Waals surface area contributed by atoms with Crippen molar-refractivity contribution >= 4 is 10.0 Å². The lowest BCUT2D eigenvalue weighted by Crippen LogP contribution is -2.60. The Kier molecular flexibility index (Phi) is 4.82. The second kappa shape index (κ2) is 6.66. The lowest BCUT2D eigenvalue weighted by atomic mass is 9.85. The highest BCUT2D eigenvalue weighted by atomic mass is 32.2.